The molecule has 0 amide bonds. The number of hydrogen-bond donors (Lipinski definition) is 1. The molecule has 0 saturated carbocycles. The summed E-state index contributed by atoms with van der Waals surface area (Å²) in [5.41, 5.74) is 0.464. The summed E-state index contributed by atoms with van der Waals surface area (Å²) in [6.07, 6.45) is 0.384. The normalized spacial score (nSPS) is 23.5. The van der Waals surface area contributed by atoms with Crippen LogP contribution >= 0.6 is 0 Å². The van der Waals surface area contributed by atoms with Crippen molar-refractivity contribution < 1.29 is 14.8 Å². The van der Waals surface area contributed by atoms with Gasteiger partial charge in [-0.25, -0.2) is 0 Å². The number of Topliss-reactive ketones (excluding diaryl/α,β-unsaturated/α-hetero) is 1. The first kappa shape index (κ1) is 14.6. The van der Waals surface area contributed by atoms with E-state index in [9.17, 15) is 20.0 Å². The fourth-order valence-corrected chi connectivity index (χ4v) is 2.43. The highest BCUT2D eigenvalue weighted by Gasteiger charge is 2.25. The molecule has 108 valence electrons. The lowest BCUT2D eigenvalue weighted by molar-refractivity contribution is -0.384. The van der Waals surface area contributed by atoms with Crippen LogP contribution in [0.1, 0.15) is 23.7 Å². The van der Waals surface area contributed by atoms with Crippen molar-refractivity contribution in [1.82, 2.24) is 4.90 Å². The lowest BCUT2D eigenvalue weighted by atomic mass is 9.96. The lowest BCUT2D eigenvalue weighted by Gasteiger charge is -2.33. The van der Waals surface area contributed by atoms with Gasteiger partial charge >= 0.3 is 0 Å². The monoisotopic (exact) mass is 278 g/mol. The number of ketones is 1. The molecule has 1 heterocycles. The van der Waals surface area contributed by atoms with Gasteiger partial charge in [0.1, 0.15) is 0 Å². The van der Waals surface area contributed by atoms with E-state index in [4.69, 9.17) is 0 Å². The first-order valence-corrected chi connectivity index (χ1v) is 6.65. The van der Waals surface area contributed by atoms with Crippen molar-refractivity contribution in [3.8, 4) is 0 Å². The zero-order chi connectivity index (χ0) is 14.7. The first-order chi connectivity index (χ1) is 9.47. The van der Waals surface area contributed by atoms with Crippen LogP contribution in [0.3, 0.4) is 0 Å². The van der Waals surface area contributed by atoms with Gasteiger partial charge in [0.2, 0.25) is 0 Å². The number of nitro benzene ring substituents is 1. The molecule has 1 fully saturated rings. The minimum Gasteiger partial charge on any atom is -0.393 e. The molecule has 0 radical (unpaired) electrons. The van der Waals surface area contributed by atoms with E-state index in [2.05, 4.69) is 0 Å². The van der Waals surface area contributed by atoms with Gasteiger partial charge in [-0.05, 0) is 24.5 Å². The number of non-ortho nitro benzene ring substituents is 1. The molecule has 6 heteroatoms. The van der Waals surface area contributed by atoms with E-state index in [0.29, 0.717) is 25.1 Å². The Morgan fingerprint density at radius 3 is 2.65 bits per heavy atom. The molecule has 2 unspecified atom stereocenters. The molecule has 20 heavy (non-hydrogen) atoms. The van der Waals surface area contributed by atoms with Crippen LogP contribution in [-0.4, -0.2) is 46.5 Å². The van der Waals surface area contributed by atoms with Crippen LogP contribution < -0.4 is 0 Å². The van der Waals surface area contributed by atoms with Crippen LogP contribution in [0.15, 0.2) is 24.3 Å². The molecule has 1 aromatic rings. The quantitative estimate of drug-likeness (QED) is 0.512. The predicted molar refractivity (Wildman–Crippen MR) is 73.7 cm³/mol. The highest BCUT2D eigenvalue weighted by molar-refractivity contribution is 5.97. The molecule has 2 rings (SSSR count). The maximum absolute atomic E-state index is 12.1. The summed E-state index contributed by atoms with van der Waals surface area (Å²) in [4.78, 5) is 24.2. The summed E-state index contributed by atoms with van der Waals surface area (Å²) in [6, 6.07) is 5.66. The zero-order valence-electron chi connectivity index (χ0n) is 11.4. The molecule has 1 N–H and O–H groups in total. The molecule has 1 saturated heterocycles. The molecular weight excluding hydrogens is 260 g/mol. The van der Waals surface area contributed by atoms with Crippen LogP contribution in [0, 0.1) is 16.0 Å². The van der Waals surface area contributed by atoms with Crippen molar-refractivity contribution in [1.29, 1.82) is 0 Å². The van der Waals surface area contributed by atoms with Crippen molar-refractivity contribution >= 4 is 11.5 Å². The predicted octanol–water partition coefficient (Wildman–Crippen LogP) is 1.48. The molecule has 0 aliphatic carbocycles. The number of nitro groups is 1. The maximum atomic E-state index is 12.1. The number of aliphatic hydroxyl groups excluding tert-OH is 1. The van der Waals surface area contributed by atoms with Gasteiger partial charge in [-0.3, -0.25) is 19.8 Å². The number of nitrogens with zero attached hydrogens (tertiary/aromatic N) is 2. The third-order valence-corrected chi connectivity index (χ3v) is 3.71. The third-order valence-electron chi connectivity index (χ3n) is 3.71. The summed E-state index contributed by atoms with van der Waals surface area (Å²) in [7, 11) is 0. The van der Waals surface area contributed by atoms with Gasteiger partial charge in [-0.15, -0.1) is 0 Å². The van der Waals surface area contributed by atoms with E-state index in [1.165, 1.54) is 24.3 Å². The Hall–Kier alpha value is -1.79. The number of carbonyl (C=O) groups is 1. The minimum absolute atomic E-state index is 0.0173. The lowest BCUT2D eigenvalue weighted by Crippen LogP contribution is -2.44. The van der Waals surface area contributed by atoms with Crippen molar-refractivity contribution in [3.63, 3.8) is 0 Å². The minimum atomic E-state index is -0.484. The number of piperidine rings is 1. The summed E-state index contributed by atoms with van der Waals surface area (Å²) in [6.45, 7) is 3.65. The van der Waals surface area contributed by atoms with Crippen LogP contribution in [0.5, 0.6) is 0 Å². The highest BCUT2D eigenvalue weighted by atomic mass is 16.6. The summed E-state index contributed by atoms with van der Waals surface area (Å²) in [5, 5.41) is 20.2. The van der Waals surface area contributed by atoms with Crippen LogP contribution in [0.2, 0.25) is 0 Å². The van der Waals surface area contributed by atoms with Gasteiger partial charge in [-0.1, -0.05) is 6.92 Å². The van der Waals surface area contributed by atoms with Gasteiger partial charge in [0.15, 0.2) is 5.78 Å². The number of carbonyl (C=O) groups excluding carboxylic acids is 1. The Morgan fingerprint density at radius 2 is 2.10 bits per heavy atom. The summed E-state index contributed by atoms with van der Waals surface area (Å²) < 4.78 is 0. The average molecular weight is 278 g/mol. The fourth-order valence-electron chi connectivity index (χ4n) is 2.43. The number of aliphatic hydroxyl groups is 1. The Kier molecular flexibility index (Phi) is 4.46. The Morgan fingerprint density at radius 1 is 1.45 bits per heavy atom. The highest BCUT2D eigenvalue weighted by Crippen LogP contribution is 2.17. The van der Waals surface area contributed by atoms with Gasteiger partial charge in [0.05, 0.1) is 17.6 Å². The van der Waals surface area contributed by atoms with E-state index in [-0.39, 0.29) is 30.0 Å². The molecule has 0 spiro atoms. The van der Waals surface area contributed by atoms with Crippen molar-refractivity contribution in [3.05, 3.63) is 39.9 Å². The van der Waals surface area contributed by atoms with E-state index in [0.717, 1.165) is 0 Å². The second kappa shape index (κ2) is 6.11. The molecular formula is C14H18N2O4. The van der Waals surface area contributed by atoms with Crippen LogP contribution in [0.25, 0.3) is 0 Å². The van der Waals surface area contributed by atoms with Crippen molar-refractivity contribution in [2.75, 3.05) is 19.6 Å². The Labute approximate surface area is 117 Å². The largest absolute Gasteiger partial charge is 0.393 e. The van der Waals surface area contributed by atoms with Crippen molar-refractivity contribution in [2.24, 2.45) is 5.92 Å². The SMILES string of the molecule is CC1CN(CC(=O)c2ccc([N+](=O)[O-])cc2)CCC1O. The second-order valence-electron chi connectivity index (χ2n) is 5.30. The molecule has 1 aromatic carbocycles. The molecule has 1 aliphatic heterocycles. The molecule has 1 aliphatic rings. The van der Waals surface area contributed by atoms with Gasteiger partial charge in [0, 0.05) is 30.8 Å². The van der Waals surface area contributed by atoms with Gasteiger partial charge in [0.25, 0.3) is 5.69 Å². The maximum Gasteiger partial charge on any atom is 0.269 e. The summed E-state index contributed by atoms with van der Waals surface area (Å²) in [5.74, 6) is 0.108. The third kappa shape index (κ3) is 3.40. The standard InChI is InChI=1S/C14H18N2O4/c1-10-8-15(7-6-13(10)17)9-14(18)11-2-4-12(5-3-11)16(19)20/h2-5,10,13,17H,6-9H2,1H3. The molecule has 0 bridgehead atoms. The zero-order valence-corrected chi connectivity index (χ0v) is 11.4. The number of hydrogen-bond acceptors (Lipinski definition) is 5. The second-order valence-corrected chi connectivity index (χ2v) is 5.30. The number of rotatable bonds is 4. The number of likely N-dealkylation sites (tertiary alicyclic amines) is 1. The van der Waals surface area contributed by atoms with E-state index in [1.54, 1.807) is 0 Å². The molecule has 0 aromatic heterocycles. The first-order valence-electron chi connectivity index (χ1n) is 6.65. The van der Waals surface area contributed by atoms with Crippen molar-refractivity contribution in [2.45, 2.75) is 19.4 Å². The average Bonchev–Trinajstić information content (AvgIpc) is 2.43. The summed E-state index contributed by atoms with van der Waals surface area (Å²) >= 11 is 0. The fraction of sp³-hybridized carbons (Fsp3) is 0.500. The van der Waals surface area contributed by atoms with E-state index < -0.39 is 4.92 Å². The topological polar surface area (TPSA) is 83.7 Å². The smallest absolute Gasteiger partial charge is 0.269 e. The Balaban J connectivity index is 1.96. The van der Waals surface area contributed by atoms with Gasteiger partial charge < -0.3 is 5.11 Å². The van der Waals surface area contributed by atoms with Crippen LogP contribution in [-0.2, 0) is 0 Å². The molecule has 6 nitrogen and oxygen atoms in total. The number of benzene rings is 1. The van der Waals surface area contributed by atoms with E-state index >= 15 is 0 Å². The van der Waals surface area contributed by atoms with E-state index in [1.807, 2.05) is 11.8 Å². The molecule has 2 atom stereocenters. The van der Waals surface area contributed by atoms with Gasteiger partial charge in [-0.2, -0.15) is 0 Å². The van der Waals surface area contributed by atoms with Crippen LogP contribution in [0.4, 0.5) is 5.69 Å². The Bertz CT molecular complexity index is 500.